The van der Waals surface area contributed by atoms with Gasteiger partial charge in [0.25, 0.3) is 0 Å². The van der Waals surface area contributed by atoms with Gasteiger partial charge in [0.05, 0.1) is 7.11 Å². The summed E-state index contributed by atoms with van der Waals surface area (Å²) in [5, 5.41) is 0. The Morgan fingerprint density at radius 3 is 2.52 bits per heavy atom. The number of nitrogens with two attached hydrogens (primary N) is 1. The van der Waals surface area contributed by atoms with Crippen molar-refractivity contribution in [1.29, 1.82) is 0 Å². The second-order valence-corrected chi connectivity index (χ2v) is 6.32. The Labute approximate surface area is 155 Å². The van der Waals surface area contributed by atoms with Gasteiger partial charge in [-0.2, -0.15) is 0 Å². The normalized spacial score (nSPS) is 17.7. The molecular weight excluding hydrogens is 336 g/mol. The van der Waals surface area contributed by atoms with E-state index >= 15 is 0 Å². The molecule has 1 heterocycles. The number of amides is 1. The maximum absolute atomic E-state index is 12.5. The molecule has 5 heteroatoms. The first-order valence-electron chi connectivity index (χ1n) is 8.39. The van der Waals surface area contributed by atoms with Gasteiger partial charge in [0.2, 0.25) is 5.91 Å². The summed E-state index contributed by atoms with van der Waals surface area (Å²) in [7, 11) is 1.67. The van der Waals surface area contributed by atoms with Crippen LogP contribution in [-0.4, -0.2) is 31.0 Å². The lowest BCUT2D eigenvalue weighted by atomic mass is 9.98. The lowest BCUT2D eigenvalue weighted by molar-refractivity contribution is -0.130. The van der Waals surface area contributed by atoms with E-state index < -0.39 is 0 Å². The molecule has 2 aromatic carbocycles. The van der Waals surface area contributed by atoms with E-state index in [0.717, 1.165) is 30.8 Å². The zero-order chi connectivity index (χ0) is 16.9. The largest absolute Gasteiger partial charge is 0.497 e. The van der Waals surface area contributed by atoms with Crippen molar-refractivity contribution in [3.8, 4) is 5.75 Å². The standard InChI is InChI=1S/C20H24N2O2.ClH/c1-24-18-9-7-15(8-10-18)17-11-12-22(14-17)20(23)13-19(21)16-5-3-2-4-6-16;/h2-10,17,19H,11-14,21H2,1H3;1H. The summed E-state index contributed by atoms with van der Waals surface area (Å²) in [5.74, 6) is 1.40. The molecule has 1 aliphatic heterocycles. The molecule has 0 spiro atoms. The van der Waals surface area contributed by atoms with Crippen LogP contribution in [0.1, 0.15) is 35.9 Å². The molecule has 1 saturated heterocycles. The van der Waals surface area contributed by atoms with Crippen molar-refractivity contribution < 1.29 is 9.53 Å². The quantitative estimate of drug-likeness (QED) is 0.887. The van der Waals surface area contributed by atoms with Gasteiger partial charge in [0, 0.05) is 31.5 Å². The molecule has 1 aliphatic rings. The van der Waals surface area contributed by atoms with E-state index in [1.807, 2.05) is 47.4 Å². The molecule has 3 rings (SSSR count). The van der Waals surface area contributed by atoms with Crippen LogP contribution in [-0.2, 0) is 4.79 Å². The number of carbonyl (C=O) groups excluding carboxylic acids is 1. The van der Waals surface area contributed by atoms with Crippen LogP contribution in [0, 0.1) is 0 Å². The molecule has 2 unspecified atom stereocenters. The first-order chi connectivity index (χ1) is 11.7. The number of halogens is 1. The SMILES string of the molecule is COc1ccc(C2CCN(C(=O)CC(N)c3ccccc3)C2)cc1.Cl. The van der Waals surface area contributed by atoms with Crippen molar-refractivity contribution in [3.05, 3.63) is 65.7 Å². The van der Waals surface area contributed by atoms with Crippen molar-refractivity contribution in [2.45, 2.75) is 24.8 Å². The number of hydrogen-bond donors (Lipinski definition) is 1. The Morgan fingerprint density at radius 1 is 1.20 bits per heavy atom. The molecule has 1 amide bonds. The molecule has 134 valence electrons. The highest BCUT2D eigenvalue weighted by Gasteiger charge is 2.28. The van der Waals surface area contributed by atoms with Crippen molar-refractivity contribution in [2.24, 2.45) is 5.73 Å². The third-order valence-electron chi connectivity index (χ3n) is 4.75. The van der Waals surface area contributed by atoms with Gasteiger partial charge in [-0.15, -0.1) is 12.4 Å². The van der Waals surface area contributed by atoms with Gasteiger partial charge in [0.1, 0.15) is 5.75 Å². The average Bonchev–Trinajstić information content (AvgIpc) is 3.13. The van der Waals surface area contributed by atoms with Crippen LogP contribution < -0.4 is 10.5 Å². The molecule has 2 aromatic rings. The minimum atomic E-state index is -0.237. The minimum absolute atomic E-state index is 0. The number of nitrogens with zero attached hydrogens (tertiary/aromatic N) is 1. The number of ether oxygens (including phenoxy) is 1. The van der Waals surface area contributed by atoms with Crippen LogP contribution >= 0.6 is 12.4 Å². The van der Waals surface area contributed by atoms with E-state index in [1.54, 1.807) is 7.11 Å². The highest BCUT2D eigenvalue weighted by molar-refractivity contribution is 5.85. The third-order valence-corrected chi connectivity index (χ3v) is 4.75. The molecule has 0 aromatic heterocycles. The fraction of sp³-hybridized carbons (Fsp3) is 0.350. The van der Waals surface area contributed by atoms with Gasteiger partial charge in [-0.1, -0.05) is 42.5 Å². The number of hydrogen-bond acceptors (Lipinski definition) is 3. The Morgan fingerprint density at radius 2 is 1.88 bits per heavy atom. The third kappa shape index (κ3) is 4.74. The lowest BCUT2D eigenvalue weighted by Gasteiger charge is -2.19. The number of carbonyl (C=O) groups is 1. The second-order valence-electron chi connectivity index (χ2n) is 6.32. The van der Waals surface area contributed by atoms with Gasteiger partial charge in [-0.05, 0) is 29.7 Å². The fourth-order valence-corrected chi connectivity index (χ4v) is 3.27. The Kier molecular flexibility index (Phi) is 6.85. The fourth-order valence-electron chi connectivity index (χ4n) is 3.27. The summed E-state index contributed by atoms with van der Waals surface area (Å²) in [6, 6.07) is 17.7. The van der Waals surface area contributed by atoms with Crippen molar-refractivity contribution in [2.75, 3.05) is 20.2 Å². The van der Waals surface area contributed by atoms with Gasteiger partial charge in [-0.3, -0.25) is 4.79 Å². The van der Waals surface area contributed by atoms with Gasteiger partial charge >= 0.3 is 0 Å². The van der Waals surface area contributed by atoms with Crippen LogP contribution in [0.25, 0.3) is 0 Å². The summed E-state index contributed by atoms with van der Waals surface area (Å²) >= 11 is 0. The second kappa shape index (κ2) is 8.88. The number of methoxy groups -OCH3 is 1. The molecule has 25 heavy (non-hydrogen) atoms. The maximum atomic E-state index is 12.5. The van der Waals surface area contributed by atoms with Crippen molar-refractivity contribution in [3.63, 3.8) is 0 Å². The Balaban J connectivity index is 0.00000225. The molecule has 0 saturated carbocycles. The lowest BCUT2D eigenvalue weighted by Crippen LogP contribution is -2.31. The predicted octanol–water partition coefficient (Wildman–Crippen LogP) is 3.52. The summed E-state index contributed by atoms with van der Waals surface area (Å²) < 4.78 is 5.20. The molecule has 0 aliphatic carbocycles. The van der Waals surface area contributed by atoms with Crippen LogP contribution in [0.2, 0.25) is 0 Å². The summed E-state index contributed by atoms with van der Waals surface area (Å²) in [6.07, 6.45) is 1.36. The zero-order valence-corrected chi connectivity index (χ0v) is 15.2. The van der Waals surface area contributed by atoms with E-state index in [0.29, 0.717) is 12.3 Å². The van der Waals surface area contributed by atoms with E-state index in [-0.39, 0.29) is 24.4 Å². The van der Waals surface area contributed by atoms with Gasteiger partial charge in [-0.25, -0.2) is 0 Å². The van der Waals surface area contributed by atoms with E-state index in [1.165, 1.54) is 5.56 Å². The summed E-state index contributed by atoms with van der Waals surface area (Å²) in [5.41, 5.74) is 8.45. The van der Waals surface area contributed by atoms with Crippen molar-refractivity contribution in [1.82, 2.24) is 4.90 Å². The Hall–Kier alpha value is -2.04. The zero-order valence-electron chi connectivity index (χ0n) is 14.4. The van der Waals surface area contributed by atoms with Crippen LogP contribution in [0.5, 0.6) is 5.75 Å². The summed E-state index contributed by atoms with van der Waals surface area (Å²) in [4.78, 5) is 14.5. The van der Waals surface area contributed by atoms with Crippen LogP contribution in [0.15, 0.2) is 54.6 Å². The first kappa shape index (κ1) is 19.3. The van der Waals surface area contributed by atoms with E-state index in [4.69, 9.17) is 10.5 Å². The molecular formula is C20H25ClN2O2. The molecule has 0 bridgehead atoms. The Bertz CT molecular complexity index is 676. The summed E-state index contributed by atoms with van der Waals surface area (Å²) in [6.45, 7) is 1.57. The molecule has 1 fully saturated rings. The van der Waals surface area contributed by atoms with Crippen molar-refractivity contribution >= 4 is 18.3 Å². The highest BCUT2D eigenvalue weighted by Crippen LogP contribution is 2.29. The van der Waals surface area contributed by atoms with Crippen LogP contribution in [0.4, 0.5) is 0 Å². The molecule has 2 atom stereocenters. The predicted molar refractivity (Wildman–Crippen MR) is 102 cm³/mol. The first-order valence-corrected chi connectivity index (χ1v) is 8.39. The van der Waals surface area contributed by atoms with E-state index in [2.05, 4.69) is 12.1 Å². The van der Waals surface area contributed by atoms with Crippen LogP contribution in [0.3, 0.4) is 0 Å². The molecule has 4 nitrogen and oxygen atoms in total. The number of rotatable bonds is 5. The van der Waals surface area contributed by atoms with E-state index in [9.17, 15) is 4.79 Å². The number of benzene rings is 2. The smallest absolute Gasteiger partial charge is 0.224 e. The molecule has 2 N–H and O–H groups in total. The maximum Gasteiger partial charge on any atom is 0.224 e. The monoisotopic (exact) mass is 360 g/mol. The number of likely N-dealkylation sites (tertiary alicyclic amines) is 1. The average molecular weight is 361 g/mol. The van der Waals surface area contributed by atoms with Gasteiger partial charge < -0.3 is 15.4 Å². The topological polar surface area (TPSA) is 55.6 Å². The minimum Gasteiger partial charge on any atom is -0.497 e. The van der Waals surface area contributed by atoms with Gasteiger partial charge in [0.15, 0.2) is 0 Å². The molecule has 0 radical (unpaired) electrons. The highest BCUT2D eigenvalue weighted by atomic mass is 35.5.